The number of halogens is 3. The van der Waals surface area contributed by atoms with E-state index in [1.165, 1.54) is 0 Å². The van der Waals surface area contributed by atoms with Crippen LogP contribution >= 0.6 is 11.3 Å². The summed E-state index contributed by atoms with van der Waals surface area (Å²) >= 11 is 0.767. The fraction of sp³-hybridized carbons (Fsp3) is 0.545. The number of rotatable bonds is 5. The van der Waals surface area contributed by atoms with Crippen LogP contribution in [-0.2, 0) is 6.18 Å². The third kappa shape index (κ3) is 5.63. The van der Waals surface area contributed by atoms with Gasteiger partial charge in [-0.2, -0.15) is 13.2 Å². The quantitative estimate of drug-likeness (QED) is 0.638. The summed E-state index contributed by atoms with van der Waals surface area (Å²) in [4.78, 5) is 35.6. The lowest BCUT2D eigenvalue weighted by Crippen LogP contribution is -2.34. The highest BCUT2D eigenvalue weighted by Crippen LogP contribution is 2.42. The Morgan fingerprint density at radius 2 is 1.97 bits per heavy atom. The molecule has 1 fully saturated rings. The van der Waals surface area contributed by atoms with Gasteiger partial charge < -0.3 is 15.5 Å². The number of anilines is 1. The summed E-state index contributed by atoms with van der Waals surface area (Å²) < 4.78 is 42.2. The fourth-order valence-corrected chi connectivity index (χ4v) is 4.67. The Morgan fingerprint density at radius 3 is 2.52 bits per heavy atom. The number of pyridine rings is 1. The van der Waals surface area contributed by atoms with Gasteiger partial charge in [0.2, 0.25) is 0 Å². The molecular weight excluding hydrogens is 455 g/mol. The molecule has 1 saturated heterocycles. The number of carbonyl (C=O) groups excluding carboxylic acids is 2. The maximum atomic E-state index is 14.1. The Labute approximate surface area is 194 Å². The molecule has 33 heavy (non-hydrogen) atoms. The molecule has 0 spiro atoms. The molecule has 3 heterocycles. The van der Waals surface area contributed by atoms with Crippen LogP contribution in [0, 0.1) is 0 Å². The third-order valence-corrected chi connectivity index (χ3v) is 6.22. The molecule has 2 amide bonds. The molecule has 1 aliphatic rings. The number of nitrogens with zero attached hydrogens (tertiary/aromatic N) is 3. The molecule has 0 unspecified atom stereocenters. The average molecular weight is 484 g/mol. The lowest BCUT2D eigenvalue weighted by atomic mass is 10.1. The van der Waals surface area contributed by atoms with E-state index in [4.69, 9.17) is 0 Å². The molecule has 0 radical (unpaired) electrons. The summed E-state index contributed by atoms with van der Waals surface area (Å²) in [6.45, 7) is 9.85. The number of thiazole rings is 1. The zero-order valence-corrected chi connectivity index (χ0v) is 20.1. The van der Waals surface area contributed by atoms with E-state index < -0.39 is 29.1 Å². The zero-order chi connectivity index (χ0) is 24.6. The van der Waals surface area contributed by atoms with Gasteiger partial charge in [-0.1, -0.05) is 0 Å². The molecule has 2 aromatic rings. The Bertz CT molecular complexity index is 1050. The summed E-state index contributed by atoms with van der Waals surface area (Å²) in [6, 6.07) is 0.872. The molecule has 0 aliphatic carbocycles. The van der Waals surface area contributed by atoms with Gasteiger partial charge in [0.1, 0.15) is 11.5 Å². The smallest absolute Gasteiger partial charge is 0.365 e. The minimum absolute atomic E-state index is 0.0116. The molecule has 1 atom stereocenters. The first-order valence-corrected chi connectivity index (χ1v) is 11.6. The number of hydrogen-bond donors (Lipinski definition) is 2. The molecule has 1 aliphatic heterocycles. The van der Waals surface area contributed by atoms with Crippen molar-refractivity contribution >= 4 is 29.0 Å². The number of amides is 2. The molecule has 0 saturated carbocycles. The highest BCUT2D eigenvalue weighted by Gasteiger charge is 2.38. The molecule has 0 aromatic carbocycles. The van der Waals surface area contributed by atoms with E-state index in [0.29, 0.717) is 13.1 Å². The van der Waals surface area contributed by atoms with Crippen LogP contribution in [0.5, 0.6) is 0 Å². The number of alkyl halides is 3. The van der Waals surface area contributed by atoms with E-state index in [1.807, 2.05) is 27.7 Å². The average Bonchev–Trinajstić information content (AvgIpc) is 3.32. The number of hydrogen-bond acceptors (Lipinski definition) is 6. The van der Waals surface area contributed by atoms with Gasteiger partial charge in [-0.05, 0) is 53.5 Å². The van der Waals surface area contributed by atoms with E-state index in [9.17, 15) is 22.8 Å². The largest absolute Gasteiger partial charge is 0.417 e. The van der Waals surface area contributed by atoms with Gasteiger partial charge in [0, 0.05) is 36.4 Å². The van der Waals surface area contributed by atoms with Crippen LogP contribution in [0.25, 0.3) is 10.4 Å². The maximum Gasteiger partial charge on any atom is 0.417 e. The van der Waals surface area contributed by atoms with Crippen LogP contribution < -0.4 is 10.6 Å². The summed E-state index contributed by atoms with van der Waals surface area (Å²) in [5.74, 6) is -0.954. The Morgan fingerprint density at radius 1 is 1.27 bits per heavy atom. The molecular formula is C22H28F3N5O2S. The van der Waals surface area contributed by atoms with Crippen LogP contribution in [0.4, 0.5) is 19.0 Å². The lowest BCUT2D eigenvalue weighted by molar-refractivity contribution is -0.137. The van der Waals surface area contributed by atoms with Crippen LogP contribution in [0.3, 0.4) is 0 Å². The van der Waals surface area contributed by atoms with Crippen LogP contribution in [0.1, 0.15) is 73.3 Å². The van der Waals surface area contributed by atoms with Gasteiger partial charge in [-0.15, -0.1) is 11.3 Å². The molecule has 0 bridgehead atoms. The van der Waals surface area contributed by atoms with Crippen molar-refractivity contribution in [2.45, 2.75) is 65.2 Å². The number of carbonyl (C=O) groups is 2. The number of likely N-dealkylation sites (tertiary alicyclic amines) is 1. The minimum atomic E-state index is -4.70. The van der Waals surface area contributed by atoms with Crippen molar-refractivity contribution in [1.29, 1.82) is 0 Å². The second-order valence-electron chi connectivity index (χ2n) is 9.03. The number of aromatic nitrogens is 2. The van der Waals surface area contributed by atoms with Gasteiger partial charge in [-0.3, -0.25) is 9.59 Å². The standard InChI is InChI=1S/C22H28F3N5O2S/c1-6-26-18(31)19-28-16(20(32)30-9-7-8-12(30)2)17(33-19)13-11-27-15(29-21(3,4)5)10-14(13)22(23,24)25/h10-12H,6-9H2,1-5H3,(H,26,31)(H,27,29)/t12-/m0/s1. The normalized spacial score (nSPS) is 16.7. The molecule has 2 N–H and O–H groups in total. The van der Waals surface area contributed by atoms with Crippen molar-refractivity contribution in [2.75, 3.05) is 18.4 Å². The first-order valence-electron chi connectivity index (χ1n) is 10.8. The van der Waals surface area contributed by atoms with Crippen molar-refractivity contribution in [3.05, 3.63) is 28.5 Å². The van der Waals surface area contributed by atoms with Crippen LogP contribution in [-0.4, -0.2) is 51.4 Å². The van der Waals surface area contributed by atoms with Crippen LogP contribution in [0.2, 0.25) is 0 Å². The van der Waals surface area contributed by atoms with Crippen molar-refractivity contribution in [3.8, 4) is 10.4 Å². The van der Waals surface area contributed by atoms with E-state index in [-0.39, 0.29) is 33.0 Å². The summed E-state index contributed by atoms with van der Waals surface area (Å²) in [7, 11) is 0. The molecule has 7 nitrogen and oxygen atoms in total. The maximum absolute atomic E-state index is 14.1. The molecule has 3 rings (SSSR count). The van der Waals surface area contributed by atoms with E-state index in [1.54, 1.807) is 11.8 Å². The van der Waals surface area contributed by atoms with Crippen molar-refractivity contribution in [1.82, 2.24) is 20.2 Å². The first kappa shape index (κ1) is 24.9. The summed E-state index contributed by atoms with van der Waals surface area (Å²) in [5.41, 5.74) is -1.87. The van der Waals surface area contributed by atoms with Crippen molar-refractivity contribution in [2.24, 2.45) is 0 Å². The minimum Gasteiger partial charge on any atom is -0.365 e. The second-order valence-corrected chi connectivity index (χ2v) is 10.0. The Balaban J connectivity index is 2.17. The van der Waals surface area contributed by atoms with Gasteiger partial charge in [0.05, 0.1) is 10.4 Å². The van der Waals surface area contributed by atoms with E-state index in [2.05, 4.69) is 20.6 Å². The molecule has 180 valence electrons. The van der Waals surface area contributed by atoms with Gasteiger partial charge in [0.15, 0.2) is 5.01 Å². The lowest BCUT2D eigenvalue weighted by Gasteiger charge is -2.23. The third-order valence-electron chi connectivity index (χ3n) is 5.13. The van der Waals surface area contributed by atoms with Gasteiger partial charge in [0.25, 0.3) is 11.8 Å². The monoisotopic (exact) mass is 483 g/mol. The van der Waals surface area contributed by atoms with Crippen molar-refractivity contribution < 1.29 is 22.8 Å². The van der Waals surface area contributed by atoms with E-state index >= 15 is 0 Å². The van der Waals surface area contributed by atoms with E-state index in [0.717, 1.165) is 36.4 Å². The molecule has 2 aromatic heterocycles. The first-order chi connectivity index (χ1) is 15.3. The molecule has 11 heteroatoms. The van der Waals surface area contributed by atoms with Gasteiger partial charge >= 0.3 is 6.18 Å². The van der Waals surface area contributed by atoms with Crippen LogP contribution in [0.15, 0.2) is 12.3 Å². The topological polar surface area (TPSA) is 87.2 Å². The highest BCUT2D eigenvalue weighted by molar-refractivity contribution is 7.17. The van der Waals surface area contributed by atoms with Gasteiger partial charge in [-0.25, -0.2) is 9.97 Å². The summed E-state index contributed by atoms with van der Waals surface area (Å²) in [6.07, 6.45) is -2.01. The summed E-state index contributed by atoms with van der Waals surface area (Å²) in [5, 5.41) is 5.46. The predicted molar refractivity (Wildman–Crippen MR) is 121 cm³/mol. The second kappa shape index (κ2) is 9.28. The number of nitrogens with one attached hydrogen (secondary N) is 2. The Hall–Kier alpha value is -2.69. The van der Waals surface area contributed by atoms with Crippen molar-refractivity contribution in [3.63, 3.8) is 0 Å². The predicted octanol–water partition coefficient (Wildman–Crippen LogP) is 4.81. The highest BCUT2D eigenvalue weighted by atomic mass is 32.1. The zero-order valence-electron chi connectivity index (χ0n) is 19.3. The fourth-order valence-electron chi connectivity index (χ4n) is 3.68. The Kier molecular flexibility index (Phi) is 7.01. The SMILES string of the molecule is CCNC(=O)c1nc(C(=O)N2CCC[C@@H]2C)c(-c2cnc(NC(C)(C)C)cc2C(F)(F)F)s1.